The second kappa shape index (κ2) is 13.1. The Bertz CT molecular complexity index is 1060. The maximum atomic E-state index is 10.8. The Morgan fingerprint density at radius 2 is 1.43 bits per heavy atom. The zero-order chi connectivity index (χ0) is 21.3. The van der Waals surface area contributed by atoms with E-state index in [0.717, 1.165) is 6.07 Å². The summed E-state index contributed by atoms with van der Waals surface area (Å²) in [5.41, 5.74) is -6.67. The van der Waals surface area contributed by atoms with Crippen molar-refractivity contribution in [1.82, 2.24) is 19.9 Å². The number of H-pyrrole nitrogens is 4. The van der Waals surface area contributed by atoms with Crippen LogP contribution in [0, 0.1) is 10.1 Å². The van der Waals surface area contributed by atoms with Crippen LogP contribution in [0.25, 0.3) is 0 Å². The van der Waals surface area contributed by atoms with Crippen molar-refractivity contribution in [3.05, 3.63) is 69.2 Å². The number of carboxylic acid groups (broad SMARTS) is 2. The third-order valence-corrected chi connectivity index (χ3v) is 2.30. The average Bonchev–Trinajstić information content (AvgIpc) is 2.55. The molecule has 0 aromatic carbocycles. The molecule has 0 aliphatic rings. The lowest BCUT2D eigenvalue weighted by molar-refractivity contribution is -0.387. The minimum atomic E-state index is -1.75. The molecular weight excluding hydrogens is 731 g/mol. The van der Waals surface area contributed by atoms with E-state index >= 15 is 0 Å². The quantitative estimate of drug-likeness (QED) is 0.138. The van der Waals surface area contributed by atoms with Crippen molar-refractivity contribution in [2.45, 2.75) is 0 Å². The van der Waals surface area contributed by atoms with E-state index in [-0.39, 0.29) is 24.0 Å². The fourth-order valence-corrected chi connectivity index (χ4v) is 1.39. The number of carbonyl (C=O) groups is 2. The van der Waals surface area contributed by atoms with Gasteiger partial charge in [0.15, 0.2) is 0 Å². The first-order valence-corrected chi connectivity index (χ1v) is 12.3. The lowest BCUT2D eigenvalue weighted by atomic mass is 10.3. The largest absolute Gasteiger partial charge is 0.477 e. The summed E-state index contributed by atoms with van der Waals surface area (Å²) in [4.78, 5) is 79.0. The molecule has 0 bridgehead atoms. The first-order chi connectivity index (χ1) is 12.5. The van der Waals surface area contributed by atoms with Gasteiger partial charge >= 0.3 is 34.6 Å². The smallest absolute Gasteiger partial charge is 0.364 e. The monoisotopic (exact) mass is 739 g/mol. The number of nitro groups is 1. The molecule has 0 saturated heterocycles. The number of carboxylic acids is 2. The molecule has 0 aliphatic heterocycles. The Morgan fingerprint density at radius 3 is 1.82 bits per heavy atom. The highest BCUT2D eigenvalue weighted by Crippen LogP contribution is 2.06. The molecule has 2 heterocycles. The molecule has 0 aliphatic carbocycles. The zero-order valence-electron chi connectivity index (χ0n) is 12.8. The molecule has 0 atom stereocenters. The summed E-state index contributed by atoms with van der Waals surface area (Å²) >= 11 is 4.24. The van der Waals surface area contributed by atoms with Crippen molar-refractivity contribution >= 4 is 78.8 Å². The number of rotatable bonds is 3. The van der Waals surface area contributed by atoms with Gasteiger partial charge in [-0.1, -0.05) is 0 Å². The normalized spacial score (nSPS) is 8.79. The highest BCUT2D eigenvalue weighted by atomic mass is 128. The van der Waals surface area contributed by atoms with Crippen LogP contribution in [-0.4, -0.2) is 47.0 Å². The molecule has 2 rings (SSSR count). The highest BCUT2D eigenvalue weighted by molar-refractivity contribution is 15.0. The molecule has 0 radical (unpaired) electrons. The van der Waals surface area contributed by atoms with Crippen LogP contribution in [0.1, 0.15) is 21.0 Å². The number of aromatic carboxylic acids is 2. The molecule has 0 fully saturated rings. The summed E-state index contributed by atoms with van der Waals surface area (Å²) in [7, 11) is 0. The number of halogens is 3. The third-order valence-electron chi connectivity index (χ3n) is 2.30. The number of hydrogen-bond acceptors (Lipinski definition) is 8. The predicted octanol–water partition coefficient (Wildman–Crippen LogP) is -0.180. The second-order valence-corrected chi connectivity index (χ2v) is 4.00. The fraction of sp³-hybridized carbons (Fsp3) is 0. The van der Waals surface area contributed by atoms with E-state index < -0.39 is 56.4 Å². The van der Waals surface area contributed by atoms with E-state index in [4.69, 9.17) is 10.2 Å². The summed E-state index contributed by atoms with van der Waals surface area (Å²) in [6.45, 7) is 0. The van der Waals surface area contributed by atoms with Gasteiger partial charge in [0.05, 0.1) is 4.92 Å². The third kappa shape index (κ3) is 8.72. The average molecular weight is 739 g/mol. The topological polar surface area (TPSA) is 249 Å². The second-order valence-electron chi connectivity index (χ2n) is 4.00. The fourth-order valence-electron chi connectivity index (χ4n) is 1.39. The van der Waals surface area contributed by atoms with Crippen molar-refractivity contribution < 1.29 is 24.7 Å². The molecule has 18 heteroatoms. The van der Waals surface area contributed by atoms with Gasteiger partial charge in [0.1, 0.15) is 5.69 Å². The Labute approximate surface area is 191 Å². The van der Waals surface area contributed by atoms with Crippen molar-refractivity contribution in [2.75, 3.05) is 0 Å². The van der Waals surface area contributed by atoms with E-state index in [1.54, 1.807) is 9.97 Å². The van der Waals surface area contributed by atoms with Gasteiger partial charge in [-0.25, -0.2) is 19.2 Å². The van der Waals surface area contributed by atoms with Crippen molar-refractivity contribution in [3.8, 4) is 0 Å². The van der Waals surface area contributed by atoms with E-state index in [2.05, 4.69) is 37.2 Å². The van der Waals surface area contributed by atoms with Gasteiger partial charge in [-0.05, 0) is 0 Å². The van der Waals surface area contributed by atoms with Gasteiger partial charge in [0, 0.05) is 43.3 Å². The van der Waals surface area contributed by atoms with Gasteiger partial charge in [0.25, 0.3) is 5.56 Å². The Hall–Kier alpha value is -2.11. The molecule has 0 spiro atoms. The lowest BCUT2D eigenvalue weighted by Crippen LogP contribution is -2.28. The number of aromatic nitrogens is 4. The Kier molecular flexibility index (Phi) is 13.2. The Morgan fingerprint density at radius 1 is 0.929 bits per heavy atom. The maximum absolute atomic E-state index is 10.8. The number of nitrogens with one attached hydrogen (secondary N) is 4. The number of aromatic amines is 4. The summed E-state index contributed by atoms with van der Waals surface area (Å²) < 4.78 is 0. The SMILES string of the molecule is I.II.O=C(O)c1[nH]c(=O)[nH]c(=O)c1[N+](=O)[O-].O=C(O)c1cc(=O)[nH]c(=O)[nH]1. The number of nitrogens with zero attached hydrogens (tertiary/aromatic N) is 1. The predicted molar refractivity (Wildman–Crippen MR) is 119 cm³/mol. The summed E-state index contributed by atoms with van der Waals surface area (Å²) in [6.07, 6.45) is 0. The molecule has 28 heavy (non-hydrogen) atoms. The Balaban J connectivity index is 0. The minimum Gasteiger partial charge on any atom is -0.477 e. The molecule has 0 saturated carbocycles. The first kappa shape index (κ1) is 28.1. The molecule has 0 amide bonds. The van der Waals surface area contributed by atoms with E-state index in [0.29, 0.717) is 0 Å². The van der Waals surface area contributed by atoms with Gasteiger partial charge in [-0.15, -0.1) is 24.0 Å². The van der Waals surface area contributed by atoms with Crippen LogP contribution in [0.15, 0.2) is 25.2 Å². The summed E-state index contributed by atoms with van der Waals surface area (Å²) in [5.74, 6) is -3.09. The maximum Gasteiger partial charge on any atom is 0.364 e. The highest BCUT2D eigenvalue weighted by Gasteiger charge is 2.25. The van der Waals surface area contributed by atoms with Crippen LogP contribution < -0.4 is 22.5 Å². The van der Waals surface area contributed by atoms with E-state index in [1.807, 2.05) is 9.97 Å². The van der Waals surface area contributed by atoms with E-state index in [1.165, 1.54) is 0 Å². The summed E-state index contributed by atoms with van der Waals surface area (Å²) in [5, 5.41) is 27.0. The molecule has 2 aromatic heterocycles. The van der Waals surface area contributed by atoms with Crippen LogP contribution in [0.2, 0.25) is 0 Å². The lowest BCUT2D eigenvalue weighted by Gasteiger charge is -1.94. The van der Waals surface area contributed by atoms with Crippen molar-refractivity contribution in [2.24, 2.45) is 0 Å². The molecule has 15 nitrogen and oxygen atoms in total. The zero-order valence-corrected chi connectivity index (χ0v) is 19.5. The van der Waals surface area contributed by atoms with Crippen LogP contribution in [0.5, 0.6) is 0 Å². The number of hydrogen-bond donors (Lipinski definition) is 6. The van der Waals surface area contributed by atoms with E-state index in [9.17, 15) is 38.9 Å². The summed E-state index contributed by atoms with van der Waals surface area (Å²) in [6, 6.07) is 0.795. The van der Waals surface area contributed by atoms with Crippen LogP contribution in [-0.2, 0) is 0 Å². The molecule has 0 unspecified atom stereocenters. The minimum absolute atomic E-state index is 0. The van der Waals surface area contributed by atoms with Gasteiger partial charge < -0.3 is 15.2 Å². The molecule has 6 N–H and O–H groups in total. The van der Waals surface area contributed by atoms with Gasteiger partial charge in [-0.2, -0.15) is 0 Å². The van der Waals surface area contributed by atoms with Crippen LogP contribution in [0.4, 0.5) is 5.69 Å². The van der Waals surface area contributed by atoms with Gasteiger partial charge in [0.2, 0.25) is 5.69 Å². The first-order valence-electron chi connectivity index (χ1n) is 5.98. The van der Waals surface area contributed by atoms with Crippen LogP contribution in [0.3, 0.4) is 0 Å². The molecule has 154 valence electrons. The standard InChI is InChI=1S/C5H3N3O6.C5H4N2O4.I2.HI/c9-3-2(8(13)14)1(4(10)11)6-5(12)7-3;8-3-1-2(4(9)10)6-5(11)7-3;1-2;/h(H,10,11)(H2,6,7,9,12);1H,(H,9,10)(H2,6,7,8,11);;1H. The van der Waals surface area contributed by atoms with Gasteiger partial charge in [-0.3, -0.25) is 34.7 Å². The van der Waals surface area contributed by atoms with Crippen molar-refractivity contribution in [1.29, 1.82) is 0 Å². The molecule has 2 aromatic rings. The molecular formula is C10H8I3N5O10. The van der Waals surface area contributed by atoms with Crippen LogP contribution >= 0.6 is 61.2 Å². The van der Waals surface area contributed by atoms with Crippen molar-refractivity contribution in [3.63, 3.8) is 0 Å².